The Hall–Kier alpha value is -3.67. The van der Waals surface area contributed by atoms with Crippen molar-refractivity contribution in [1.29, 1.82) is 0 Å². The standard InChI is InChI=1S/C24H24N4O2/c1-17-27-22-4-3-15-25-24(22)28(17)20-10-5-18(6-11-20)9-14-23(29)26-16-19-7-12-21(30-2)13-8-19/h3-8,10-13,15H,9,14,16H2,1-2H3,(H,26,29). The summed E-state index contributed by atoms with van der Waals surface area (Å²) in [6.45, 7) is 2.49. The highest BCUT2D eigenvalue weighted by atomic mass is 16.5. The molecule has 4 rings (SSSR count). The van der Waals surface area contributed by atoms with Crippen molar-refractivity contribution in [2.24, 2.45) is 0 Å². The molecule has 0 radical (unpaired) electrons. The highest BCUT2D eigenvalue weighted by Crippen LogP contribution is 2.20. The van der Waals surface area contributed by atoms with Crippen LogP contribution >= 0.6 is 0 Å². The number of benzene rings is 2. The van der Waals surface area contributed by atoms with Crippen LogP contribution in [0.2, 0.25) is 0 Å². The van der Waals surface area contributed by atoms with Gasteiger partial charge in [0.25, 0.3) is 0 Å². The lowest BCUT2D eigenvalue weighted by molar-refractivity contribution is -0.121. The number of pyridine rings is 1. The zero-order chi connectivity index (χ0) is 20.9. The Balaban J connectivity index is 1.34. The maximum Gasteiger partial charge on any atom is 0.220 e. The van der Waals surface area contributed by atoms with E-state index in [4.69, 9.17) is 4.74 Å². The normalized spacial score (nSPS) is 10.9. The van der Waals surface area contributed by atoms with E-state index in [1.807, 2.05) is 60.0 Å². The van der Waals surface area contributed by atoms with Crippen molar-refractivity contribution >= 4 is 17.1 Å². The van der Waals surface area contributed by atoms with Crippen LogP contribution in [0.15, 0.2) is 66.9 Å². The number of aromatic nitrogens is 3. The van der Waals surface area contributed by atoms with Crippen LogP contribution < -0.4 is 10.1 Å². The third kappa shape index (κ3) is 4.33. The molecule has 0 spiro atoms. The molecule has 6 nitrogen and oxygen atoms in total. The summed E-state index contributed by atoms with van der Waals surface area (Å²) >= 11 is 0. The van der Waals surface area contributed by atoms with Gasteiger partial charge in [0.05, 0.1) is 7.11 Å². The van der Waals surface area contributed by atoms with Gasteiger partial charge in [-0.15, -0.1) is 0 Å². The van der Waals surface area contributed by atoms with Gasteiger partial charge in [-0.2, -0.15) is 0 Å². The van der Waals surface area contributed by atoms with Gasteiger partial charge in [0, 0.05) is 24.8 Å². The second-order valence-corrected chi connectivity index (χ2v) is 7.13. The Labute approximate surface area is 175 Å². The maximum atomic E-state index is 12.2. The zero-order valence-corrected chi connectivity index (χ0v) is 17.1. The monoisotopic (exact) mass is 400 g/mol. The van der Waals surface area contributed by atoms with Crippen LogP contribution in [0.1, 0.15) is 23.4 Å². The number of aryl methyl sites for hydroxylation is 2. The summed E-state index contributed by atoms with van der Waals surface area (Å²) in [6, 6.07) is 19.8. The molecule has 30 heavy (non-hydrogen) atoms. The third-order valence-corrected chi connectivity index (χ3v) is 5.07. The number of imidazole rings is 1. The number of amides is 1. The Morgan fingerprint density at radius 1 is 1.03 bits per heavy atom. The summed E-state index contributed by atoms with van der Waals surface area (Å²) in [5, 5.41) is 2.97. The fraction of sp³-hybridized carbons (Fsp3) is 0.208. The smallest absolute Gasteiger partial charge is 0.220 e. The lowest BCUT2D eigenvalue weighted by atomic mass is 10.1. The molecule has 2 heterocycles. The lowest BCUT2D eigenvalue weighted by Crippen LogP contribution is -2.22. The molecule has 152 valence electrons. The van der Waals surface area contributed by atoms with Crippen LogP contribution in [0.3, 0.4) is 0 Å². The molecular formula is C24H24N4O2. The molecule has 1 amide bonds. The Morgan fingerprint density at radius 3 is 2.50 bits per heavy atom. The number of hydrogen-bond donors (Lipinski definition) is 1. The minimum Gasteiger partial charge on any atom is -0.497 e. The molecule has 0 unspecified atom stereocenters. The molecule has 0 saturated carbocycles. The van der Waals surface area contributed by atoms with E-state index >= 15 is 0 Å². The minimum atomic E-state index is 0.0375. The van der Waals surface area contributed by atoms with E-state index in [0.29, 0.717) is 19.4 Å². The van der Waals surface area contributed by atoms with Crippen LogP contribution in [0.4, 0.5) is 0 Å². The van der Waals surface area contributed by atoms with E-state index in [1.54, 1.807) is 13.3 Å². The van der Waals surface area contributed by atoms with Crippen molar-refractivity contribution in [3.05, 3.63) is 83.8 Å². The number of rotatable bonds is 7. The molecule has 0 aliphatic rings. The van der Waals surface area contributed by atoms with E-state index in [-0.39, 0.29) is 5.91 Å². The number of carbonyl (C=O) groups is 1. The molecule has 4 aromatic rings. The first-order chi connectivity index (χ1) is 14.6. The highest BCUT2D eigenvalue weighted by molar-refractivity contribution is 5.76. The van der Waals surface area contributed by atoms with E-state index in [2.05, 4.69) is 27.4 Å². The van der Waals surface area contributed by atoms with Gasteiger partial charge in [0.2, 0.25) is 5.91 Å². The number of fused-ring (bicyclic) bond motifs is 1. The fourth-order valence-corrected chi connectivity index (χ4v) is 3.44. The van der Waals surface area contributed by atoms with Gasteiger partial charge in [-0.05, 0) is 60.9 Å². The largest absolute Gasteiger partial charge is 0.497 e. The van der Waals surface area contributed by atoms with Crippen molar-refractivity contribution in [3.63, 3.8) is 0 Å². The van der Waals surface area contributed by atoms with E-state index in [0.717, 1.165) is 39.6 Å². The summed E-state index contributed by atoms with van der Waals surface area (Å²) in [4.78, 5) is 21.2. The van der Waals surface area contributed by atoms with Crippen molar-refractivity contribution in [2.75, 3.05) is 7.11 Å². The molecule has 6 heteroatoms. The SMILES string of the molecule is COc1ccc(CNC(=O)CCc2ccc(-n3c(C)nc4cccnc43)cc2)cc1. The van der Waals surface area contributed by atoms with Gasteiger partial charge in [-0.3, -0.25) is 9.36 Å². The van der Waals surface area contributed by atoms with Crippen molar-refractivity contribution in [1.82, 2.24) is 19.9 Å². The number of nitrogens with one attached hydrogen (secondary N) is 1. The molecule has 0 aliphatic heterocycles. The van der Waals surface area contributed by atoms with Crippen molar-refractivity contribution in [3.8, 4) is 11.4 Å². The minimum absolute atomic E-state index is 0.0375. The molecular weight excluding hydrogens is 376 g/mol. The maximum absolute atomic E-state index is 12.2. The van der Waals surface area contributed by atoms with Crippen LogP contribution in [-0.4, -0.2) is 27.6 Å². The average Bonchev–Trinajstić information content (AvgIpc) is 3.12. The number of carbonyl (C=O) groups excluding carboxylic acids is 1. The fourth-order valence-electron chi connectivity index (χ4n) is 3.44. The molecule has 0 aliphatic carbocycles. The topological polar surface area (TPSA) is 69.0 Å². The van der Waals surface area contributed by atoms with E-state index in [1.165, 1.54) is 0 Å². The summed E-state index contributed by atoms with van der Waals surface area (Å²) in [5.74, 6) is 1.74. The van der Waals surface area contributed by atoms with Gasteiger partial charge < -0.3 is 10.1 Å². The third-order valence-electron chi connectivity index (χ3n) is 5.07. The second kappa shape index (κ2) is 8.78. The van der Waals surface area contributed by atoms with Gasteiger partial charge in [0.1, 0.15) is 17.1 Å². The van der Waals surface area contributed by atoms with Crippen LogP contribution in [0, 0.1) is 6.92 Å². The average molecular weight is 400 g/mol. The van der Waals surface area contributed by atoms with Gasteiger partial charge in [-0.1, -0.05) is 24.3 Å². The summed E-state index contributed by atoms with van der Waals surface area (Å²) in [7, 11) is 1.64. The molecule has 1 N–H and O–H groups in total. The summed E-state index contributed by atoms with van der Waals surface area (Å²) in [5.41, 5.74) is 4.91. The predicted molar refractivity (Wildman–Crippen MR) is 117 cm³/mol. The molecule has 0 bridgehead atoms. The number of nitrogens with zero attached hydrogens (tertiary/aromatic N) is 3. The van der Waals surface area contributed by atoms with Gasteiger partial charge in [-0.25, -0.2) is 9.97 Å². The number of ether oxygens (including phenoxy) is 1. The van der Waals surface area contributed by atoms with E-state index < -0.39 is 0 Å². The Morgan fingerprint density at radius 2 is 1.77 bits per heavy atom. The first-order valence-corrected chi connectivity index (χ1v) is 9.93. The molecule has 0 saturated heterocycles. The molecule has 0 atom stereocenters. The zero-order valence-electron chi connectivity index (χ0n) is 17.1. The highest BCUT2D eigenvalue weighted by Gasteiger charge is 2.10. The second-order valence-electron chi connectivity index (χ2n) is 7.13. The van der Waals surface area contributed by atoms with Crippen LogP contribution in [-0.2, 0) is 17.8 Å². The van der Waals surface area contributed by atoms with Crippen molar-refractivity contribution < 1.29 is 9.53 Å². The van der Waals surface area contributed by atoms with Crippen LogP contribution in [0.5, 0.6) is 5.75 Å². The quantitative estimate of drug-likeness (QED) is 0.509. The molecule has 0 fully saturated rings. The predicted octanol–water partition coefficient (Wildman–Crippen LogP) is 3.99. The lowest BCUT2D eigenvalue weighted by Gasteiger charge is -2.09. The molecule has 2 aromatic carbocycles. The number of hydrogen-bond acceptors (Lipinski definition) is 4. The molecule has 2 aromatic heterocycles. The first kappa shape index (κ1) is 19.6. The van der Waals surface area contributed by atoms with E-state index in [9.17, 15) is 4.79 Å². The number of methoxy groups -OCH3 is 1. The Kier molecular flexibility index (Phi) is 5.75. The Bertz CT molecular complexity index is 1150. The first-order valence-electron chi connectivity index (χ1n) is 9.93. The van der Waals surface area contributed by atoms with Gasteiger partial charge >= 0.3 is 0 Å². The van der Waals surface area contributed by atoms with Crippen LogP contribution in [0.25, 0.3) is 16.9 Å². The van der Waals surface area contributed by atoms with Crippen molar-refractivity contribution in [2.45, 2.75) is 26.3 Å². The summed E-state index contributed by atoms with van der Waals surface area (Å²) < 4.78 is 7.19. The summed E-state index contributed by atoms with van der Waals surface area (Å²) in [6.07, 6.45) is 2.92. The van der Waals surface area contributed by atoms with Gasteiger partial charge in [0.15, 0.2) is 5.65 Å².